The Hall–Kier alpha value is -1.16. The van der Waals surface area contributed by atoms with Gasteiger partial charge in [-0.15, -0.1) is 24.0 Å². The third-order valence-electron chi connectivity index (χ3n) is 5.04. The maximum absolute atomic E-state index is 12.3. The second-order valence-electron chi connectivity index (χ2n) is 7.67. The molecule has 1 aromatic rings. The van der Waals surface area contributed by atoms with Gasteiger partial charge >= 0.3 is 6.61 Å². The molecule has 0 aliphatic carbocycles. The van der Waals surface area contributed by atoms with Crippen molar-refractivity contribution in [3.8, 4) is 5.75 Å². The third-order valence-corrected chi connectivity index (χ3v) is 5.04. The van der Waals surface area contributed by atoms with E-state index in [2.05, 4.69) is 40.6 Å². The molecule has 0 saturated carbocycles. The molecule has 0 amide bonds. The fourth-order valence-corrected chi connectivity index (χ4v) is 3.53. The number of halogens is 3. The minimum absolute atomic E-state index is 0. The highest BCUT2D eigenvalue weighted by Gasteiger charge is 2.21. The Bertz CT molecular complexity index is 613. The van der Waals surface area contributed by atoms with Gasteiger partial charge in [0.2, 0.25) is 0 Å². The molecule has 1 fully saturated rings. The molecule has 1 atom stereocenters. The lowest BCUT2D eigenvalue weighted by atomic mass is 9.97. The molecular formula is C21H35F2IN4O. The van der Waals surface area contributed by atoms with Crippen LogP contribution < -0.4 is 10.1 Å². The zero-order chi connectivity index (χ0) is 20.5. The number of hydrogen-bond acceptors (Lipinski definition) is 3. The Labute approximate surface area is 190 Å². The summed E-state index contributed by atoms with van der Waals surface area (Å²) in [5.74, 6) is 1.63. The standard InChI is InChI=1S/C21H34F2N4O.HI/c1-5-24-21(25-13-18-7-6-12-27(15-18)16(2)3)26(4)14-17-8-10-19(11-9-17)28-20(22)23;/h8-11,16,18,20H,5-7,12-15H2,1-4H3,(H,24,25);1H. The van der Waals surface area contributed by atoms with E-state index in [1.54, 1.807) is 24.3 Å². The fourth-order valence-electron chi connectivity index (χ4n) is 3.53. The lowest BCUT2D eigenvalue weighted by Gasteiger charge is -2.35. The first kappa shape index (κ1) is 25.9. The van der Waals surface area contributed by atoms with Crippen molar-refractivity contribution in [2.45, 2.75) is 52.8 Å². The number of rotatable bonds is 8. The third kappa shape index (κ3) is 9.02. The van der Waals surface area contributed by atoms with Gasteiger partial charge in [0.25, 0.3) is 0 Å². The van der Waals surface area contributed by atoms with Crippen molar-refractivity contribution in [2.24, 2.45) is 10.9 Å². The van der Waals surface area contributed by atoms with Gasteiger partial charge in [-0.05, 0) is 63.8 Å². The number of aliphatic imine (C=N–C) groups is 1. The Morgan fingerprint density at radius 3 is 2.59 bits per heavy atom. The molecule has 29 heavy (non-hydrogen) atoms. The van der Waals surface area contributed by atoms with Crippen molar-refractivity contribution in [1.82, 2.24) is 15.1 Å². The second-order valence-corrected chi connectivity index (χ2v) is 7.67. The molecule has 8 heteroatoms. The summed E-state index contributed by atoms with van der Waals surface area (Å²) >= 11 is 0. The SMILES string of the molecule is CCNC(=NCC1CCCN(C(C)C)C1)N(C)Cc1ccc(OC(F)F)cc1.I. The van der Waals surface area contributed by atoms with Crippen molar-refractivity contribution < 1.29 is 13.5 Å². The number of nitrogens with zero attached hydrogens (tertiary/aromatic N) is 3. The highest BCUT2D eigenvalue weighted by atomic mass is 127. The van der Waals surface area contributed by atoms with Crippen LogP contribution in [0.25, 0.3) is 0 Å². The first-order chi connectivity index (χ1) is 13.4. The molecule has 1 aliphatic rings. The number of likely N-dealkylation sites (tertiary alicyclic amines) is 1. The number of guanidine groups is 1. The van der Waals surface area contributed by atoms with Crippen molar-refractivity contribution in [1.29, 1.82) is 0 Å². The molecule has 1 unspecified atom stereocenters. The molecule has 1 heterocycles. The van der Waals surface area contributed by atoms with Crippen molar-refractivity contribution in [2.75, 3.05) is 33.2 Å². The topological polar surface area (TPSA) is 40.1 Å². The molecule has 1 N–H and O–H groups in total. The molecule has 1 aromatic carbocycles. The summed E-state index contributed by atoms with van der Waals surface area (Å²) in [7, 11) is 1.99. The van der Waals surface area contributed by atoms with Crippen LogP contribution in [0.15, 0.2) is 29.3 Å². The number of ether oxygens (including phenoxy) is 1. The minimum Gasteiger partial charge on any atom is -0.435 e. The highest BCUT2D eigenvalue weighted by molar-refractivity contribution is 14.0. The predicted molar refractivity (Wildman–Crippen MR) is 125 cm³/mol. The van der Waals surface area contributed by atoms with Crippen LogP contribution in [0, 0.1) is 5.92 Å². The Morgan fingerprint density at radius 1 is 1.31 bits per heavy atom. The van der Waals surface area contributed by atoms with Gasteiger partial charge in [0, 0.05) is 39.3 Å². The Kier molecular flexibility index (Phi) is 11.8. The molecule has 2 rings (SSSR count). The number of piperidine rings is 1. The van der Waals surface area contributed by atoms with Gasteiger partial charge in [-0.3, -0.25) is 4.99 Å². The monoisotopic (exact) mass is 524 g/mol. The Morgan fingerprint density at radius 2 is 2.00 bits per heavy atom. The van der Waals surface area contributed by atoms with E-state index in [4.69, 9.17) is 4.99 Å². The van der Waals surface area contributed by atoms with Crippen LogP contribution in [0.4, 0.5) is 8.78 Å². The molecule has 0 radical (unpaired) electrons. The van der Waals surface area contributed by atoms with Gasteiger partial charge in [0.1, 0.15) is 5.75 Å². The van der Waals surface area contributed by atoms with Crippen molar-refractivity contribution >= 4 is 29.9 Å². The van der Waals surface area contributed by atoms with E-state index in [-0.39, 0.29) is 29.7 Å². The summed E-state index contributed by atoms with van der Waals surface area (Å²) in [5, 5.41) is 3.35. The van der Waals surface area contributed by atoms with Crippen LogP contribution in [-0.2, 0) is 6.54 Å². The maximum Gasteiger partial charge on any atom is 0.387 e. The maximum atomic E-state index is 12.3. The summed E-state index contributed by atoms with van der Waals surface area (Å²) in [6, 6.07) is 7.34. The smallest absolute Gasteiger partial charge is 0.387 e. The Balaban J connectivity index is 0.00000420. The summed E-state index contributed by atoms with van der Waals surface area (Å²) in [6.07, 6.45) is 2.46. The van der Waals surface area contributed by atoms with E-state index in [1.165, 1.54) is 19.4 Å². The summed E-state index contributed by atoms with van der Waals surface area (Å²) in [5.41, 5.74) is 1.01. The number of hydrogen-bond donors (Lipinski definition) is 1. The first-order valence-corrected chi connectivity index (χ1v) is 10.2. The second kappa shape index (κ2) is 13.2. The number of nitrogens with one attached hydrogen (secondary N) is 1. The van der Waals surface area contributed by atoms with Crippen LogP contribution in [0.5, 0.6) is 5.75 Å². The molecular weight excluding hydrogens is 489 g/mol. The first-order valence-electron chi connectivity index (χ1n) is 10.2. The number of benzene rings is 1. The summed E-state index contributed by atoms with van der Waals surface area (Å²) in [6.45, 7) is 8.31. The largest absolute Gasteiger partial charge is 0.435 e. The normalized spacial score (nSPS) is 17.9. The van der Waals surface area contributed by atoms with Gasteiger partial charge in [-0.1, -0.05) is 12.1 Å². The molecule has 5 nitrogen and oxygen atoms in total. The van der Waals surface area contributed by atoms with E-state index in [9.17, 15) is 8.78 Å². The lowest BCUT2D eigenvalue weighted by molar-refractivity contribution is -0.0498. The molecule has 166 valence electrons. The zero-order valence-corrected chi connectivity index (χ0v) is 20.2. The van der Waals surface area contributed by atoms with Gasteiger partial charge in [0.05, 0.1) is 0 Å². The number of alkyl halides is 2. The van der Waals surface area contributed by atoms with Gasteiger partial charge < -0.3 is 19.9 Å². The van der Waals surface area contributed by atoms with Crippen LogP contribution in [0.1, 0.15) is 39.2 Å². The van der Waals surface area contributed by atoms with E-state index in [1.807, 2.05) is 7.05 Å². The molecule has 1 aliphatic heterocycles. The van der Waals surface area contributed by atoms with Crippen molar-refractivity contribution in [3.63, 3.8) is 0 Å². The van der Waals surface area contributed by atoms with E-state index in [0.717, 1.165) is 31.2 Å². The average molecular weight is 524 g/mol. The molecule has 0 bridgehead atoms. The predicted octanol–water partition coefficient (Wildman–Crippen LogP) is 4.42. The van der Waals surface area contributed by atoms with Crippen LogP contribution in [0.2, 0.25) is 0 Å². The minimum atomic E-state index is -2.80. The molecule has 1 saturated heterocycles. The van der Waals surface area contributed by atoms with Gasteiger partial charge in [0.15, 0.2) is 5.96 Å². The van der Waals surface area contributed by atoms with Crippen molar-refractivity contribution in [3.05, 3.63) is 29.8 Å². The van der Waals surface area contributed by atoms with Crippen LogP contribution in [-0.4, -0.2) is 61.6 Å². The van der Waals surface area contributed by atoms with Gasteiger partial charge in [-0.25, -0.2) is 0 Å². The van der Waals surface area contributed by atoms with Gasteiger partial charge in [-0.2, -0.15) is 8.78 Å². The lowest BCUT2D eigenvalue weighted by Crippen LogP contribution is -2.42. The quantitative estimate of drug-likeness (QED) is 0.311. The molecule has 0 spiro atoms. The zero-order valence-electron chi connectivity index (χ0n) is 17.9. The summed E-state index contributed by atoms with van der Waals surface area (Å²) in [4.78, 5) is 9.46. The summed E-state index contributed by atoms with van der Waals surface area (Å²) < 4.78 is 28.9. The highest BCUT2D eigenvalue weighted by Crippen LogP contribution is 2.19. The van der Waals surface area contributed by atoms with E-state index in [0.29, 0.717) is 18.5 Å². The average Bonchev–Trinajstić information content (AvgIpc) is 2.66. The van der Waals surface area contributed by atoms with E-state index >= 15 is 0 Å². The fraction of sp³-hybridized carbons (Fsp3) is 0.667. The molecule has 0 aromatic heterocycles. The van der Waals surface area contributed by atoms with E-state index < -0.39 is 6.61 Å². The van der Waals surface area contributed by atoms with Crippen LogP contribution in [0.3, 0.4) is 0 Å². The van der Waals surface area contributed by atoms with Crippen LogP contribution >= 0.6 is 24.0 Å².